The normalized spacial score (nSPS) is 9.88. The first-order valence-corrected chi connectivity index (χ1v) is 5.06. The molecule has 0 saturated heterocycles. The molecular formula is C10H15N3O3. The van der Waals surface area contributed by atoms with Crippen LogP contribution in [0.2, 0.25) is 0 Å². The van der Waals surface area contributed by atoms with Gasteiger partial charge in [0.05, 0.1) is 11.5 Å². The van der Waals surface area contributed by atoms with Crippen molar-refractivity contribution in [2.45, 2.75) is 6.92 Å². The number of anilines is 2. The van der Waals surface area contributed by atoms with Crippen LogP contribution in [0.15, 0.2) is 18.2 Å². The molecular weight excluding hydrogens is 210 g/mol. The SMILES string of the molecule is CCNc1ccc(NCCO)cc1[N+](=O)[O-]. The van der Waals surface area contributed by atoms with Gasteiger partial charge in [0, 0.05) is 24.8 Å². The van der Waals surface area contributed by atoms with Crippen LogP contribution in [0.1, 0.15) is 6.92 Å². The molecule has 1 rings (SSSR count). The molecule has 0 saturated carbocycles. The topological polar surface area (TPSA) is 87.4 Å². The number of nitrogens with zero attached hydrogens (tertiary/aromatic N) is 1. The predicted molar refractivity (Wildman–Crippen MR) is 62.8 cm³/mol. The van der Waals surface area contributed by atoms with E-state index in [9.17, 15) is 10.1 Å². The second kappa shape index (κ2) is 5.92. The lowest BCUT2D eigenvalue weighted by molar-refractivity contribution is -0.383. The molecule has 16 heavy (non-hydrogen) atoms. The number of nitro benzene ring substituents is 1. The third kappa shape index (κ3) is 3.09. The highest BCUT2D eigenvalue weighted by Crippen LogP contribution is 2.27. The zero-order chi connectivity index (χ0) is 12.0. The third-order valence-electron chi connectivity index (χ3n) is 2.00. The van der Waals surface area contributed by atoms with Gasteiger partial charge in [0.25, 0.3) is 5.69 Å². The fraction of sp³-hybridized carbons (Fsp3) is 0.400. The lowest BCUT2D eigenvalue weighted by atomic mass is 10.2. The van der Waals surface area contributed by atoms with E-state index < -0.39 is 4.92 Å². The van der Waals surface area contributed by atoms with Crippen molar-refractivity contribution in [1.82, 2.24) is 0 Å². The summed E-state index contributed by atoms with van der Waals surface area (Å²) in [4.78, 5) is 10.4. The molecule has 0 radical (unpaired) electrons. The van der Waals surface area contributed by atoms with Gasteiger partial charge in [-0.3, -0.25) is 10.1 Å². The summed E-state index contributed by atoms with van der Waals surface area (Å²) < 4.78 is 0. The molecule has 3 N–H and O–H groups in total. The molecule has 0 atom stereocenters. The maximum Gasteiger partial charge on any atom is 0.294 e. The van der Waals surface area contributed by atoms with E-state index in [1.807, 2.05) is 6.92 Å². The summed E-state index contributed by atoms with van der Waals surface area (Å²) in [6.45, 7) is 2.87. The lowest BCUT2D eigenvalue weighted by Gasteiger charge is -2.08. The molecule has 0 aliphatic carbocycles. The van der Waals surface area contributed by atoms with Gasteiger partial charge in [-0.05, 0) is 19.1 Å². The number of hydrogen-bond acceptors (Lipinski definition) is 5. The minimum absolute atomic E-state index is 0.0112. The van der Waals surface area contributed by atoms with E-state index in [0.29, 0.717) is 24.5 Å². The smallest absolute Gasteiger partial charge is 0.294 e. The maximum atomic E-state index is 10.8. The van der Waals surface area contributed by atoms with E-state index in [4.69, 9.17) is 5.11 Å². The molecule has 1 aromatic rings. The molecule has 1 aromatic carbocycles. The Bertz CT molecular complexity index is 368. The van der Waals surface area contributed by atoms with Crippen molar-refractivity contribution in [2.75, 3.05) is 30.3 Å². The Balaban J connectivity index is 2.93. The van der Waals surface area contributed by atoms with Crippen LogP contribution >= 0.6 is 0 Å². The maximum absolute atomic E-state index is 10.8. The van der Waals surface area contributed by atoms with Gasteiger partial charge < -0.3 is 15.7 Å². The standard InChI is InChI=1S/C10H15N3O3/c1-2-11-9-4-3-8(12-5-6-14)7-10(9)13(15)16/h3-4,7,11-12,14H,2,5-6H2,1H3. The van der Waals surface area contributed by atoms with Crippen LogP contribution in [0.25, 0.3) is 0 Å². The highest BCUT2D eigenvalue weighted by atomic mass is 16.6. The molecule has 0 fully saturated rings. The van der Waals surface area contributed by atoms with Crippen LogP contribution < -0.4 is 10.6 Å². The Labute approximate surface area is 93.4 Å². The molecule has 0 bridgehead atoms. The van der Waals surface area contributed by atoms with E-state index in [0.717, 1.165) is 0 Å². The van der Waals surface area contributed by atoms with Crippen LogP contribution in [0.4, 0.5) is 17.1 Å². The van der Waals surface area contributed by atoms with Gasteiger partial charge in [-0.1, -0.05) is 0 Å². The first-order valence-electron chi connectivity index (χ1n) is 5.06. The van der Waals surface area contributed by atoms with Gasteiger partial charge in [0.1, 0.15) is 5.69 Å². The number of benzene rings is 1. The summed E-state index contributed by atoms with van der Waals surface area (Å²) in [6, 6.07) is 4.84. The Morgan fingerprint density at radius 3 is 2.75 bits per heavy atom. The minimum atomic E-state index is -0.428. The number of rotatable bonds is 6. The van der Waals surface area contributed by atoms with E-state index in [-0.39, 0.29) is 12.3 Å². The molecule has 0 aliphatic rings. The first-order chi connectivity index (χ1) is 7.69. The van der Waals surface area contributed by atoms with Gasteiger partial charge >= 0.3 is 0 Å². The van der Waals surface area contributed by atoms with Gasteiger partial charge in [-0.15, -0.1) is 0 Å². The van der Waals surface area contributed by atoms with Crippen LogP contribution in [-0.2, 0) is 0 Å². The second-order valence-corrected chi connectivity index (χ2v) is 3.17. The zero-order valence-corrected chi connectivity index (χ0v) is 9.06. The number of hydrogen-bond donors (Lipinski definition) is 3. The highest BCUT2D eigenvalue weighted by molar-refractivity contribution is 5.67. The Morgan fingerprint density at radius 1 is 1.44 bits per heavy atom. The van der Waals surface area contributed by atoms with Gasteiger partial charge in [-0.2, -0.15) is 0 Å². The van der Waals surface area contributed by atoms with Crippen molar-refractivity contribution in [1.29, 1.82) is 0 Å². The Kier molecular flexibility index (Phi) is 4.53. The van der Waals surface area contributed by atoms with E-state index in [1.165, 1.54) is 6.07 Å². The van der Waals surface area contributed by atoms with E-state index in [2.05, 4.69) is 10.6 Å². The molecule has 0 heterocycles. The average molecular weight is 225 g/mol. The molecule has 0 unspecified atom stereocenters. The second-order valence-electron chi connectivity index (χ2n) is 3.17. The van der Waals surface area contributed by atoms with Gasteiger partial charge in [-0.25, -0.2) is 0 Å². The van der Waals surface area contributed by atoms with Crippen molar-refractivity contribution in [3.8, 4) is 0 Å². The number of aliphatic hydroxyl groups is 1. The average Bonchev–Trinajstić information content (AvgIpc) is 2.27. The van der Waals surface area contributed by atoms with Crippen LogP contribution in [0.5, 0.6) is 0 Å². The predicted octanol–water partition coefficient (Wildman–Crippen LogP) is 1.43. The number of aliphatic hydroxyl groups excluding tert-OH is 1. The van der Waals surface area contributed by atoms with Crippen molar-refractivity contribution in [2.24, 2.45) is 0 Å². The summed E-state index contributed by atoms with van der Waals surface area (Å²) >= 11 is 0. The molecule has 0 amide bonds. The minimum Gasteiger partial charge on any atom is -0.395 e. The van der Waals surface area contributed by atoms with E-state index in [1.54, 1.807) is 12.1 Å². The fourth-order valence-corrected chi connectivity index (χ4v) is 1.33. The summed E-state index contributed by atoms with van der Waals surface area (Å²) in [5.74, 6) is 0. The highest BCUT2D eigenvalue weighted by Gasteiger charge is 2.13. The van der Waals surface area contributed by atoms with Crippen molar-refractivity contribution >= 4 is 17.1 Å². The quantitative estimate of drug-likeness (QED) is 0.503. The van der Waals surface area contributed by atoms with Crippen molar-refractivity contribution < 1.29 is 10.0 Å². The molecule has 6 heteroatoms. The van der Waals surface area contributed by atoms with Crippen LogP contribution in [-0.4, -0.2) is 29.7 Å². The van der Waals surface area contributed by atoms with Crippen LogP contribution in [0, 0.1) is 10.1 Å². The molecule has 6 nitrogen and oxygen atoms in total. The largest absolute Gasteiger partial charge is 0.395 e. The number of nitrogens with one attached hydrogen (secondary N) is 2. The summed E-state index contributed by atoms with van der Waals surface area (Å²) in [6.07, 6.45) is 0. The summed E-state index contributed by atoms with van der Waals surface area (Å²) in [5.41, 5.74) is 1.16. The Hall–Kier alpha value is -1.82. The monoisotopic (exact) mass is 225 g/mol. The molecule has 88 valence electrons. The van der Waals surface area contributed by atoms with Crippen molar-refractivity contribution in [3.05, 3.63) is 28.3 Å². The van der Waals surface area contributed by atoms with Crippen LogP contribution in [0.3, 0.4) is 0 Å². The van der Waals surface area contributed by atoms with E-state index >= 15 is 0 Å². The Morgan fingerprint density at radius 2 is 2.19 bits per heavy atom. The molecule has 0 aromatic heterocycles. The van der Waals surface area contributed by atoms with Gasteiger partial charge in [0.2, 0.25) is 0 Å². The van der Waals surface area contributed by atoms with Crippen molar-refractivity contribution in [3.63, 3.8) is 0 Å². The molecule has 0 spiro atoms. The fourth-order valence-electron chi connectivity index (χ4n) is 1.33. The number of nitro groups is 1. The zero-order valence-electron chi connectivity index (χ0n) is 9.06. The first kappa shape index (κ1) is 12.3. The molecule has 0 aliphatic heterocycles. The lowest BCUT2D eigenvalue weighted by Crippen LogP contribution is -2.07. The third-order valence-corrected chi connectivity index (χ3v) is 2.00. The summed E-state index contributed by atoms with van der Waals surface area (Å²) in [5, 5.41) is 25.2. The summed E-state index contributed by atoms with van der Waals surface area (Å²) in [7, 11) is 0. The van der Waals surface area contributed by atoms with Gasteiger partial charge in [0.15, 0.2) is 0 Å².